The van der Waals surface area contributed by atoms with Crippen molar-refractivity contribution in [1.82, 2.24) is 4.57 Å². The predicted octanol–water partition coefficient (Wildman–Crippen LogP) is 5.12. The fourth-order valence-electron chi connectivity index (χ4n) is 1.86. The van der Waals surface area contributed by atoms with Crippen molar-refractivity contribution in [2.24, 2.45) is 0 Å². The Morgan fingerprint density at radius 1 is 1.35 bits per heavy atom. The number of halogens is 3. The van der Waals surface area contributed by atoms with E-state index < -0.39 is 18.1 Å². The molecule has 108 valence electrons. The second kappa shape index (κ2) is 5.16. The molecule has 0 saturated carbocycles. The minimum atomic E-state index is -2.65. The van der Waals surface area contributed by atoms with E-state index in [0.717, 1.165) is 10.8 Å². The molecule has 0 fully saturated rings. The van der Waals surface area contributed by atoms with E-state index in [9.17, 15) is 13.6 Å². The fraction of sp³-hybridized carbons (Fsp3) is 0.357. The van der Waals surface area contributed by atoms with Crippen LogP contribution in [0.25, 0.3) is 10.9 Å². The van der Waals surface area contributed by atoms with Gasteiger partial charge in [-0.25, -0.2) is 13.6 Å². The van der Waals surface area contributed by atoms with Gasteiger partial charge in [0.05, 0.1) is 5.52 Å². The summed E-state index contributed by atoms with van der Waals surface area (Å²) in [5.74, 6) is 0. The molecule has 2 rings (SSSR count). The van der Waals surface area contributed by atoms with Gasteiger partial charge in [-0.3, -0.25) is 4.57 Å². The number of ether oxygens (including phenoxy) is 1. The number of fused-ring (bicyclic) bond motifs is 1. The molecule has 0 N–H and O–H groups in total. The molecule has 0 aliphatic rings. The van der Waals surface area contributed by atoms with E-state index in [4.69, 9.17) is 4.74 Å². The summed E-state index contributed by atoms with van der Waals surface area (Å²) in [6.07, 6.45) is -2.19. The summed E-state index contributed by atoms with van der Waals surface area (Å²) in [5, 5.41) is 0.342. The van der Waals surface area contributed by atoms with Gasteiger partial charge in [0.1, 0.15) is 5.60 Å². The van der Waals surface area contributed by atoms with Crippen molar-refractivity contribution in [3.8, 4) is 0 Å². The highest BCUT2D eigenvalue weighted by atomic mass is 79.9. The summed E-state index contributed by atoms with van der Waals surface area (Å²) in [7, 11) is 0. The second-order valence-electron chi connectivity index (χ2n) is 5.40. The lowest BCUT2D eigenvalue weighted by molar-refractivity contribution is 0.0543. The van der Waals surface area contributed by atoms with E-state index in [1.165, 1.54) is 0 Å². The minimum Gasteiger partial charge on any atom is -0.443 e. The van der Waals surface area contributed by atoms with Crippen molar-refractivity contribution in [1.29, 1.82) is 0 Å². The zero-order valence-electron chi connectivity index (χ0n) is 11.3. The molecule has 0 bridgehead atoms. The molecule has 0 amide bonds. The molecule has 1 heterocycles. The van der Waals surface area contributed by atoms with Crippen LogP contribution in [0.4, 0.5) is 13.6 Å². The van der Waals surface area contributed by atoms with Crippen molar-refractivity contribution in [2.75, 3.05) is 0 Å². The standard InChI is InChI=1S/C14H14BrF2NO2/c1-14(2,3)20-13(19)18-7-10(12(16)17)9-5-4-8(15)6-11(9)18/h4-7,12H,1-3H3. The summed E-state index contributed by atoms with van der Waals surface area (Å²) in [6, 6.07) is 4.83. The highest BCUT2D eigenvalue weighted by Crippen LogP contribution is 2.31. The van der Waals surface area contributed by atoms with Gasteiger partial charge in [0, 0.05) is 21.6 Å². The molecule has 3 nitrogen and oxygen atoms in total. The Bertz CT molecular complexity index is 659. The average Bonchev–Trinajstić information content (AvgIpc) is 2.65. The normalized spacial score (nSPS) is 12.2. The van der Waals surface area contributed by atoms with Gasteiger partial charge in [-0.1, -0.05) is 22.0 Å². The van der Waals surface area contributed by atoms with Crippen LogP contribution >= 0.6 is 15.9 Å². The lowest BCUT2D eigenvalue weighted by Crippen LogP contribution is -2.26. The van der Waals surface area contributed by atoms with E-state index in [0.29, 0.717) is 15.4 Å². The molecular formula is C14H14BrF2NO2. The smallest absolute Gasteiger partial charge is 0.419 e. The zero-order chi connectivity index (χ0) is 15.1. The van der Waals surface area contributed by atoms with Gasteiger partial charge in [0.25, 0.3) is 6.43 Å². The van der Waals surface area contributed by atoms with Gasteiger partial charge < -0.3 is 4.74 Å². The molecule has 0 radical (unpaired) electrons. The number of carbonyl (C=O) groups excluding carboxylic acids is 1. The number of rotatable bonds is 1. The Hall–Kier alpha value is -1.43. The van der Waals surface area contributed by atoms with E-state index in [2.05, 4.69) is 15.9 Å². The molecule has 0 unspecified atom stereocenters. The van der Waals surface area contributed by atoms with E-state index in [1.807, 2.05) is 0 Å². The van der Waals surface area contributed by atoms with Gasteiger partial charge in [-0.2, -0.15) is 0 Å². The molecule has 6 heteroatoms. The van der Waals surface area contributed by atoms with Crippen LogP contribution in [0.3, 0.4) is 0 Å². The van der Waals surface area contributed by atoms with Crippen LogP contribution in [0.5, 0.6) is 0 Å². The lowest BCUT2D eigenvalue weighted by atomic mass is 10.2. The third-order valence-corrected chi connectivity index (χ3v) is 3.12. The monoisotopic (exact) mass is 345 g/mol. The van der Waals surface area contributed by atoms with Crippen LogP contribution in [0.1, 0.15) is 32.8 Å². The molecule has 0 saturated heterocycles. The Morgan fingerprint density at radius 3 is 2.55 bits per heavy atom. The summed E-state index contributed by atoms with van der Waals surface area (Å²) < 4.78 is 33.1. The number of hydrogen-bond acceptors (Lipinski definition) is 2. The molecule has 0 atom stereocenters. The number of carbonyl (C=O) groups is 1. The first-order valence-electron chi connectivity index (χ1n) is 6.01. The van der Waals surface area contributed by atoms with Crippen LogP contribution in [-0.4, -0.2) is 16.3 Å². The number of benzene rings is 1. The van der Waals surface area contributed by atoms with Crippen LogP contribution < -0.4 is 0 Å². The minimum absolute atomic E-state index is 0.182. The maximum atomic E-state index is 13.0. The van der Waals surface area contributed by atoms with Gasteiger partial charge in [0.2, 0.25) is 0 Å². The predicted molar refractivity (Wildman–Crippen MR) is 76.2 cm³/mol. The summed E-state index contributed by atoms with van der Waals surface area (Å²) in [6.45, 7) is 5.17. The Kier molecular flexibility index (Phi) is 3.86. The maximum Gasteiger partial charge on any atom is 0.419 e. The van der Waals surface area contributed by atoms with Crippen molar-refractivity contribution < 1.29 is 18.3 Å². The van der Waals surface area contributed by atoms with Crippen molar-refractivity contribution >= 4 is 32.9 Å². The van der Waals surface area contributed by atoms with Crippen molar-refractivity contribution in [2.45, 2.75) is 32.8 Å². The molecule has 2 aromatic rings. The maximum absolute atomic E-state index is 13.0. The quantitative estimate of drug-likeness (QED) is 0.717. The first-order chi connectivity index (χ1) is 9.19. The Labute approximate surface area is 123 Å². The third kappa shape index (κ3) is 3.00. The first kappa shape index (κ1) is 15.0. The fourth-order valence-corrected chi connectivity index (χ4v) is 2.21. The summed E-state index contributed by atoms with van der Waals surface area (Å²) in [5.41, 5.74) is -0.479. The van der Waals surface area contributed by atoms with E-state index in [1.54, 1.807) is 39.0 Å². The molecule has 20 heavy (non-hydrogen) atoms. The highest BCUT2D eigenvalue weighted by molar-refractivity contribution is 9.10. The van der Waals surface area contributed by atoms with Gasteiger partial charge in [0.15, 0.2) is 0 Å². The molecule has 0 spiro atoms. The first-order valence-corrected chi connectivity index (χ1v) is 6.80. The van der Waals surface area contributed by atoms with Crippen LogP contribution in [0, 0.1) is 0 Å². The largest absolute Gasteiger partial charge is 0.443 e. The van der Waals surface area contributed by atoms with Crippen LogP contribution in [0.15, 0.2) is 28.9 Å². The van der Waals surface area contributed by atoms with Crippen LogP contribution in [0.2, 0.25) is 0 Å². The van der Waals surface area contributed by atoms with Gasteiger partial charge in [-0.15, -0.1) is 0 Å². The number of aromatic nitrogens is 1. The topological polar surface area (TPSA) is 31.2 Å². The molecular weight excluding hydrogens is 332 g/mol. The average molecular weight is 346 g/mol. The highest BCUT2D eigenvalue weighted by Gasteiger charge is 2.23. The van der Waals surface area contributed by atoms with Gasteiger partial charge in [-0.05, 0) is 32.9 Å². The van der Waals surface area contributed by atoms with E-state index >= 15 is 0 Å². The third-order valence-electron chi connectivity index (χ3n) is 2.62. The summed E-state index contributed by atoms with van der Waals surface area (Å²) >= 11 is 3.27. The number of alkyl halides is 2. The zero-order valence-corrected chi connectivity index (χ0v) is 12.9. The van der Waals surface area contributed by atoms with Gasteiger partial charge >= 0.3 is 6.09 Å². The molecule has 0 aliphatic carbocycles. The van der Waals surface area contributed by atoms with Crippen molar-refractivity contribution in [3.63, 3.8) is 0 Å². The Balaban J connectivity index is 2.58. The van der Waals surface area contributed by atoms with E-state index in [-0.39, 0.29) is 5.56 Å². The molecule has 1 aromatic carbocycles. The Morgan fingerprint density at radius 2 is 2.00 bits per heavy atom. The van der Waals surface area contributed by atoms with Crippen molar-refractivity contribution in [3.05, 3.63) is 34.4 Å². The molecule has 0 aliphatic heterocycles. The molecule has 1 aromatic heterocycles. The lowest BCUT2D eigenvalue weighted by Gasteiger charge is -2.19. The number of hydrogen-bond donors (Lipinski definition) is 0. The number of nitrogens with zero attached hydrogens (tertiary/aromatic N) is 1. The second-order valence-corrected chi connectivity index (χ2v) is 6.31. The summed E-state index contributed by atoms with van der Waals surface area (Å²) in [4.78, 5) is 12.1. The SMILES string of the molecule is CC(C)(C)OC(=O)n1cc(C(F)F)c2ccc(Br)cc21. The van der Waals surface area contributed by atoms with Crippen LogP contribution in [-0.2, 0) is 4.74 Å².